The van der Waals surface area contributed by atoms with Crippen molar-refractivity contribution < 1.29 is 19.5 Å². The van der Waals surface area contributed by atoms with Gasteiger partial charge in [-0.05, 0) is 12.5 Å². The number of carboxylic acids is 1. The smallest absolute Gasteiger partial charge is 0.328 e. The molecule has 1 unspecified atom stereocenters. The van der Waals surface area contributed by atoms with Crippen LogP contribution in [0.4, 0.5) is 0 Å². The minimum absolute atomic E-state index is 0.342. The number of hydrogen-bond donors (Lipinski definition) is 3. The van der Waals surface area contributed by atoms with Crippen LogP contribution < -0.4 is 10.6 Å². The maximum absolute atomic E-state index is 11.7. The van der Waals surface area contributed by atoms with Gasteiger partial charge in [0.05, 0.1) is 0 Å². The highest BCUT2D eigenvalue weighted by Gasteiger charge is 2.13. The van der Waals surface area contributed by atoms with Gasteiger partial charge in [-0.25, -0.2) is 4.79 Å². The van der Waals surface area contributed by atoms with Crippen molar-refractivity contribution in [3.8, 4) is 0 Å². The molecule has 3 N–H and O–H groups in total. The third kappa shape index (κ3) is 5.81. The van der Waals surface area contributed by atoms with Crippen molar-refractivity contribution >= 4 is 17.8 Å². The molecule has 6 heteroatoms. The summed E-state index contributed by atoms with van der Waals surface area (Å²) in [5, 5.41) is 13.4. The Kier molecular flexibility index (Phi) is 5.96. The number of nitrogens with one attached hydrogen (secondary N) is 2. The Labute approximate surface area is 116 Å². The van der Waals surface area contributed by atoms with Gasteiger partial charge in [-0.1, -0.05) is 30.3 Å². The van der Waals surface area contributed by atoms with Crippen molar-refractivity contribution in [2.45, 2.75) is 19.5 Å². The maximum Gasteiger partial charge on any atom is 0.328 e. The highest BCUT2D eigenvalue weighted by molar-refractivity contribution is 5.96. The van der Waals surface area contributed by atoms with E-state index in [1.807, 2.05) is 30.3 Å². The molecule has 0 fully saturated rings. The first-order chi connectivity index (χ1) is 9.49. The molecule has 0 heterocycles. The minimum atomic E-state index is -1.22. The van der Waals surface area contributed by atoms with E-state index < -0.39 is 17.9 Å². The third-order valence-electron chi connectivity index (χ3n) is 2.44. The number of amides is 2. The number of carbonyl (C=O) groups is 3. The lowest BCUT2D eigenvalue weighted by Gasteiger charge is -2.12. The van der Waals surface area contributed by atoms with E-state index in [2.05, 4.69) is 10.6 Å². The second-order valence-electron chi connectivity index (χ2n) is 4.11. The van der Waals surface area contributed by atoms with Gasteiger partial charge in [0.25, 0.3) is 0 Å². The number of rotatable bonds is 6. The summed E-state index contributed by atoms with van der Waals surface area (Å²) in [4.78, 5) is 33.3. The van der Waals surface area contributed by atoms with Crippen molar-refractivity contribution in [3.63, 3.8) is 0 Å². The number of hydrogen-bond acceptors (Lipinski definition) is 3. The van der Waals surface area contributed by atoms with Crippen LogP contribution in [0.5, 0.6) is 0 Å². The maximum atomic E-state index is 11.7. The lowest BCUT2D eigenvalue weighted by Crippen LogP contribution is -2.44. The summed E-state index contributed by atoms with van der Waals surface area (Å²) in [6.45, 7) is 1.89. The summed E-state index contributed by atoms with van der Waals surface area (Å²) < 4.78 is 0. The Bertz CT molecular complexity index is 511. The van der Waals surface area contributed by atoms with Crippen LogP contribution in [-0.4, -0.2) is 28.9 Å². The number of carbonyl (C=O) groups excluding carboxylic acids is 2. The van der Waals surface area contributed by atoms with Crippen LogP contribution in [0.25, 0.3) is 0 Å². The van der Waals surface area contributed by atoms with Gasteiger partial charge in [0, 0.05) is 18.7 Å². The molecular weight excluding hydrogens is 260 g/mol. The summed E-state index contributed by atoms with van der Waals surface area (Å²) in [5.74, 6) is -2.19. The van der Waals surface area contributed by atoms with E-state index in [-0.39, 0.29) is 5.91 Å². The van der Waals surface area contributed by atoms with Crippen molar-refractivity contribution in [2.75, 3.05) is 0 Å². The fourth-order valence-corrected chi connectivity index (χ4v) is 1.41. The number of aliphatic carboxylic acids is 1. The summed E-state index contributed by atoms with van der Waals surface area (Å²) in [7, 11) is 0. The Balaban J connectivity index is 2.39. The van der Waals surface area contributed by atoms with Crippen LogP contribution in [0.3, 0.4) is 0 Å². The molecule has 0 aliphatic carbocycles. The molecule has 0 bridgehead atoms. The van der Waals surface area contributed by atoms with Crippen molar-refractivity contribution in [3.05, 3.63) is 48.0 Å². The highest BCUT2D eigenvalue weighted by Crippen LogP contribution is 1.97. The van der Waals surface area contributed by atoms with E-state index in [0.29, 0.717) is 12.6 Å². The van der Waals surface area contributed by atoms with E-state index in [0.717, 1.165) is 11.6 Å². The van der Waals surface area contributed by atoms with Crippen molar-refractivity contribution in [1.82, 2.24) is 10.6 Å². The third-order valence-corrected chi connectivity index (χ3v) is 2.44. The number of benzene rings is 1. The second kappa shape index (κ2) is 7.73. The van der Waals surface area contributed by atoms with E-state index >= 15 is 0 Å². The minimum Gasteiger partial charge on any atom is -0.478 e. The molecule has 1 aromatic rings. The molecule has 0 radical (unpaired) electrons. The zero-order valence-corrected chi connectivity index (χ0v) is 11.0. The van der Waals surface area contributed by atoms with Gasteiger partial charge in [-0.2, -0.15) is 0 Å². The molecule has 1 aromatic carbocycles. The van der Waals surface area contributed by atoms with Gasteiger partial charge in [0.1, 0.15) is 6.04 Å². The predicted molar refractivity (Wildman–Crippen MR) is 72.7 cm³/mol. The zero-order valence-electron chi connectivity index (χ0n) is 11.0. The van der Waals surface area contributed by atoms with Crippen LogP contribution in [0, 0.1) is 0 Å². The average molecular weight is 276 g/mol. The van der Waals surface area contributed by atoms with E-state index in [9.17, 15) is 14.4 Å². The highest BCUT2D eigenvalue weighted by atomic mass is 16.4. The van der Waals surface area contributed by atoms with Crippen LogP contribution in [0.1, 0.15) is 12.5 Å². The molecule has 106 valence electrons. The van der Waals surface area contributed by atoms with E-state index in [4.69, 9.17) is 5.11 Å². The quantitative estimate of drug-likeness (QED) is 0.657. The molecule has 0 aliphatic heterocycles. The van der Waals surface area contributed by atoms with Crippen molar-refractivity contribution in [2.24, 2.45) is 0 Å². The summed E-state index contributed by atoms with van der Waals surface area (Å²) >= 11 is 0. The first kappa shape index (κ1) is 15.4. The van der Waals surface area contributed by atoms with Crippen LogP contribution in [0.2, 0.25) is 0 Å². The van der Waals surface area contributed by atoms with Gasteiger partial charge in [0.2, 0.25) is 11.8 Å². The Morgan fingerprint density at radius 2 is 1.85 bits per heavy atom. The molecular formula is C14H16N2O4. The van der Waals surface area contributed by atoms with Gasteiger partial charge >= 0.3 is 5.97 Å². The predicted octanol–water partition coefficient (Wildman–Crippen LogP) is 0.448. The fourth-order valence-electron chi connectivity index (χ4n) is 1.41. The summed E-state index contributed by atoms with van der Waals surface area (Å²) in [6.07, 6.45) is 1.58. The summed E-state index contributed by atoms with van der Waals surface area (Å²) in [5.41, 5.74) is 0.949. The SMILES string of the molecule is CC(NC(=O)/C=C/C(=O)O)C(=O)NCc1ccccc1. The van der Waals surface area contributed by atoms with Gasteiger partial charge < -0.3 is 15.7 Å². The number of carboxylic acid groups (broad SMARTS) is 1. The van der Waals surface area contributed by atoms with E-state index in [1.165, 1.54) is 6.92 Å². The van der Waals surface area contributed by atoms with Gasteiger partial charge in [0.15, 0.2) is 0 Å². The summed E-state index contributed by atoms with van der Waals surface area (Å²) in [6, 6.07) is 8.61. The second-order valence-corrected chi connectivity index (χ2v) is 4.11. The first-order valence-electron chi connectivity index (χ1n) is 6.02. The molecule has 20 heavy (non-hydrogen) atoms. The van der Waals surface area contributed by atoms with E-state index in [1.54, 1.807) is 0 Å². The first-order valence-corrected chi connectivity index (χ1v) is 6.02. The Morgan fingerprint density at radius 3 is 2.45 bits per heavy atom. The molecule has 0 saturated carbocycles. The topological polar surface area (TPSA) is 95.5 Å². The van der Waals surface area contributed by atoms with Gasteiger partial charge in [-0.15, -0.1) is 0 Å². The fraction of sp³-hybridized carbons (Fsp3) is 0.214. The largest absolute Gasteiger partial charge is 0.478 e. The van der Waals surface area contributed by atoms with Crippen LogP contribution in [0.15, 0.2) is 42.5 Å². The molecule has 0 spiro atoms. The average Bonchev–Trinajstić information content (AvgIpc) is 2.43. The molecule has 1 rings (SSSR count). The van der Waals surface area contributed by atoms with Gasteiger partial charge in [-0.3, -0.25) is 9.59 Å². The standard InChI is InChI=1S/C14H16N2O4/c1-10(16-12(17)7-8-13(18)19)14(20)15-9-11-5-3-2-4-6-11/h2-8,10H,9H2,1H3,(H,15,20)(H,16,17)(H,18,19)/b8-7+. The monoisotopic (exact) mass is 276 g/mol. The van der Waals surface area contributed by atoms with Crippen molar-refractivity contribution in [1.29, 1.82) is 0 Å². The lowest BCUT2D eigenvalue weighted by molar-refractivity contribution is -0.131. The molecule has 6 nitrogen and oxygen atoms in total. The molecule has 0 saturated heterocycles. The molecule has 2 amide bonds. The molecule has 0 aromatic heterocycles. The van der Waals surface area contributed by atoms with Crippen LogP contribution in [-0.2, 0) is 20.9 Å². The normalized spacial score (nSPS) is 11.8. The Hall–Kier alpha value is -2.63. The molecule has 0 aliphatic rings. The lowest BCUT2D eigenvalue weighted by atomic mass is 10.2. The Morgan fingerprint density at radius 1 is 1.20 bits per heavy atom. The van der Waals surface area contributed by atoms with Crippen LogP contribution >= 0.6 is 0 Å². The molecule has 1 atom stereocenters. The zero-order chi connectivity index (χ0) is 15.0.